The number of aryl methyl sites for hydroxylation is 1. The molecule has 2 aliphatic heterocycles. The van der Waals surface area contributed by atoms with Crippen LogP contribution in [0.2, 0.25) is 0 Å². The lowest BCUT2D eigenvalue weighted by Gasteiger charge is -2.35. The van der Waals surface area contributed by atoms with Crippen LogP contribution in [0.15, 0.2) is 4.79 Å². The van der Waals surface area contributed by atoms with Crippen LogP contribution in [-0.4, -0.2) is 70.1 Å². The summed E-state index contributed by atoms with van der Waals surface area (Å²) >= 11 is 0. The average molecular weight is 320 g/mol. The maximum atomic E-state index is 12.8. The van der Waals surface area contributed by atoms with Gasteiger partial charge in [-0.3, -0.25) is 9.59 Å². The van der Waals surface area contributed by atoms with Crippen molar-refractivity contribution < 1.29 is 9.90 Å². The number of aromatic amines is 1. The minimum absolute atomic E-state index is 0.00925. The summed E-state index contributed by atoms with van der Waals surface area (Å²) < 4.78 is 0. The number of aromatic nitrogens is 2. The first-order valence-electron chi connectivity index (χ1n) is 8.20. The highest BCUT2D eigenvalue weighted by Gasteiger charge is 2.35. The first-order chi connectivity index (χ1) is 11.0. The highest BCUT2D eigenvalue weighted by Crippen LogP contribution is 2.20. The summed E-state index contributed by atoms with van der Waals surface area (Å²) in [6.07, 6.45) is 1.15. The van der Waals surface area contributed by atoms with Gasteiger partial charge in [0.05, 0.1) is 17.7 Å². The minimum atomic E-state index is -0.576. The maximum absolute atomic E-state index is 12.8. The molecule has 1 fully saturated rings. The highest BCUT2D eigenvalue weighted by atomic mass is 16.3. The summed E-state index contributed by atoms with van der Waals surface area (Å²) in [6, 6.07) is 0. The average Bonchev–Trinajstić information content (AvgIpc) is 2.72. The molecule has 1 saturated heterocycles. The summed E-state index contributed by atoms with van der Waals surface area (Å²) in [6.45, 7) is 4.22. The van der Waals surface area contributed by atoms with E-state index in [-0.39, 0.29) is 17.4 Å². The Morgan fingerprint density at radius 3 is 2.83 bits per heavy atom. The van der Waals surface area contributed by atoms with E-state index in [1.54, 1.807) is 11.8 Å². The van der Waals surface area contributed by atoms with Crippen molar-refractivity contribution in [2.24, 2.45) is 5.92 Å². The highest BCUT2D eigenvalue weighted by molar-refractivity contribution is 5.80. The summed E-state index contributed by atoms with van der Waals surface area (Å²) in [5, 5.41) is 10.2. The molecule has 2 aliphatic rings. The zero-order valence-electron chi connectivity index (χ0n) is 13.7. The van der Waals surface area contributed by atoms with Crippen LogP contribution in [0.3, 0.4) is 0 Å². The van der Waals surface area contributed by atoms with Gasteiger partial charge in [0.2, 0.25) is 5.91 Å². The van der Waals surface area contributed by atoms with Crippen molar-refractivity contribution in [2.45, 2.75) is 32.3 Å². The molecule has 1 aromatic rings. The molecule has 3 heterocycles. The van der Waals surface area contributed by atoms with Gasteiger partial charge in [0.25, 0.3) is 5.56 Å². The maximum Gasteiger partial charge on any atom is 0.254 e. The van der Waals surface area contributed by atoms with Crippen molar-refractivity contribution in [3.8, 4) is 0 Å². The van der Waals surface area contributed by atoms with Crippen molar-refractivity contribution in [1.82, 2.24) is 19.8 Å². The molecule has 0 aromatic carbocycles. The Hall–Kier alpha value is -1.73. The second-order valence-corrected chi connectivity index (χ2v) is 6.63. The number of rotatable bonds is 1. The Morgan fingerprint density at radius 1 is 1.30 bits per heavy atom. The van der Waals surface area contributed by atoms with Crippen LogP contribution in [0, 0.1) is 12.8 Å². The van der Waals surface area contributed by atoms with Crippen molar-refractivity contribution in [2.75, 3.05) is 33.2 Å². The van der Waals surface area contributed by atoms with E-state index in [9.17, 15) is 14.7 Å². The third-order valence-corrected chi connectivity index (χ3v) is 4.88. The van der Waals surface area contributed by atoms with Crippen LogP contribution in [0.4, 0.5) is 0 Å². The van der Waals surface area contributed by atoms with Gasteiger partial charge in [-0.05, 0) is 26.8 Å². The first-order valence-corrected chi connectivity index (χ1v) is 8.20. The van der Waals surface area contributed by atoms with Crippen molar-refractivity contribution in [3.63, 3.8) is 0 Å². The second kappa shape index (κ2) is 6.41. The zero-order chi connectivity index (χ0) is 16.6. The fraction of sp³-hybridized carbons (Fsp3) is 0.688. The molecule has 23 heavy (non-hydrogen) atoms. The molecule has 0 spiro atoms. The summed E-state index contributed by atoms with van der Waals surface area (Å²) in [5.74, 6) is 0.228. The van der Waals surface area contributed by atoms with Crippen LogP contribution < -0.4 is 5.56 Å². The van der Waals surface area contributed by atoms with Crippen molar-refractivity contribution in [3.05, 3.63) is 27.4 Å². The molecule has 0 aliphatic carbocycles. The molecular weight excluding hydrogens is 296 g/mol. The third kappa shape index (κ3) is 3.30. The van der Waals surface area contributed by atoms with Crippen molar-refractivity contribution in [1.29, 1.82) is 0 Å². The van der Waals surface area contributed by atoms with Gasteiger partial charge >= 0.3 is 0 Å². The van der Waals surface area contributed by atoms with Crippen LogP contribution >= 0.6 is 0 Å². The fourth-order valence-electron chi connectivity index (χ4n) is 3.53. The molecule has 1 amide bonds. The number of nitrogens with zero attached hydrogens (tertiary/aromatic N) is 3. The van der Waals surface area contributed by atoms with Crippen LogP contribution in [0.1, 0.15) is 23.5 Å². The smallest absolute Gasteiger partial charge is 0.254 e. The predicted octanol–water partition coefficient (Wildman–Crippen LogP) is -0.682. The van der Waals surface area contributed by atoms with Gasteiger partial charge in [-0.15, -0.1) is 0 Å². The standard InChI is InChI=1S/C16H24N4O3/c1-10-17-13-4-8-20(7-3-11(13)15(22)18-10)16(23)12-9-19(2)6-5-14(12)21/h12,14,21H,3-9H2,1-2H3,(H,17,18,22)/t12-,14-/m1/s1. The number of carbonyl (C=O) groups is 1. The number of nitrogens with one attached hydrogen (secondary N) is 1. The van der Waals surface area contributed by atoms with E-state index in [0.29, 0.717) is 50.3 Å². The molecule has 0 unspecified atom stereocenters. The molecular formula is C16H24N4O3. The van der Waals surface area contributed by atoms with E-state index in [4.69, 9.17) is 0 Å². The SMILES string of the molecule is Cc1nc2c(c(=O)[nH]1)CCN(C(=O)[C@@H]1CN(C)CC[C@H]1O)CC2. The fourth-order valence-corrected chi connectivity index (χ4v) is 3.53. The van der Waals surface area contributed by atoms with Gasteiger partial charge in [0.15, 0.2) is 0 Å². The quantitative estimate of drug-likeness (QED) is 0.715. The molecule has 0 radical (unpaired) electrons. The number of hydrogen-bond acceptors (Lipinski definition) is 5. The first kappa shape index (κ1) is 16.1. The third-order valence-electron chi connectivity index (χ3n) is 4.88. The lowest BCUT2D eigenvalue weighted by atomic mass is 9.93. The number of aliphatic hydroxyl groups excluding tert-OH is 1. The van der Waals surface area contributed by atoms with Gasteiger partial charge in [-0.25, -0.2) is 4.98 Å². The van der Waals surface area contributed by atoms with Gasteiger partial charge in [-0.1, -0.05) is 0 Å². The molecule has 7 nitrogen and oxygen atoms in total. The Labute approximate surface area is 135 Å². The van der Waals surface area contributed by atoms with Gasteiger partial charge in [0, 0.05) is 38.2 Å². The number of fused-ring (bicyclic) bond motifs is 1. The summed E-state index contributed by atoms with van der Waals surface area (Å²) in [7, 11) is 1.97. The molecule has 7 heteroatoms. The van der Waals surface area contributed by atoms with E-state index in [2.05, 4.69) is 14.9 Å². The Kier molecular flexibility index (Phi) is 4.50. The zero-order valence-corrected chi connectivity index (χ0v) is 13.7. The predicted molar refractivity (Wildman–Crippen MR) is 85.2 cm³/mol. The Balaban J connectivity index is 1.75. The molecule has 3 rings (SSSR count). The largest absolute Gasteiger partial charge is 0.392 e. The number of carbonyl (C=O) groups excluding carboxylic acids is 1. The lowest BCUT2D eigenvalue weighted by molar-refractivity contribution is -0.142. The van der Waals surface area contributed by atoms with Gasteiger partial charge in [-0.2, -0.15) is 0 Å². The number of H-pyrrole nitrogens is 1. The van der Waals surface area contributed by atoms with Gasteiger partial charge < -0.3 is 19.9 Å². The molecule has 0 bridgehead atoms. The van der Waals surface area contributed by atoms with Crippen LogP contribution in [-0.2, 0) is 17.6 Å². The van der Waals surface area contributed by atoms with E-state index in [0.717, 1.165) is 12.2 Å². The number of amides is 1. The van der Waals surface area contributed by atoms with Crippen molar-refractivity contribution >= 4 is 5.91 Å². The lowest BCUT2D eigenvalue weighted by Crippen LogP contribution is -2.50. The van der Waals surface area contributed by atoms with Gasteiger partial charge in [0.1, 0.15) is 5.82 Å². The topological polar surface area (TPSA) is 89.5 Å². The minimum Gasteiger partial charge on any atom is -0.392 e. The monoisotopic (exact) mass is 320 g/mol. The Morgan fingerprint density at radius 2 is 2.04 bits per heavy atom. The molecule has 0 saturated carbocycles. The number of piperidine rings is 1. The number of hydrogen-bond donors (Lipinski definition) is 2. The summed E-state index contributed by atoms with van der Waals surface area (Å²) in [5.41, 5.74) is 1.38. The van der Waals surface area contributed by atoms with E-state index in [1.807, 2.05) is 7.05 Å². The molecule has 2 N–H and O–H groups in total. The van der Waals surface area contributed by atoms with Crippen LogP contribution in [0.25, 0.3) is 0 Å². The van der Waals surface area contributed by atoms with E-state index >= 15 is 0 Å². The number of aliphatic hydroxyl groups is 1. The molecule has 2 atom stereocenters. The number of likely N-dealkylation sites (tertiary alicyclic amines) is 1. The van der Waals surface area contributed by atoms with Crippen LogP contribution in [0.5, 0.6) is 0 Å². The van der Waals surface area contributed by atoms with E-state index in [1.165, 1.54) is 0 Å². The second-order valence-electron chi connectivity index (χ2n) is 6.63. The van der Waals surface area contributed by atoms with E-state index < -0.39 is 6.10 Å². The Bertz CT molecular complexity index is 657. The normalized spacial score (nSPS) is 25.8. The summed E-state index contributed by atoms with van der Waals surface area (Å²) in [4.78, 5) is 35.9. The molecule has 126 valence electrons. The molecule has 1 aromatic heterocycles.